The second kappa shape index (κ2) is 8.91. The molecule has 0 aliphatic carbocycles. The Bertz CT molecular complexity index is 1150. The lowest BCUT2D eigenvalue weighted by Gasteiger charge is -2.51. The van der Waals surface area contributed by atoms with Crippen LogP contribution in [0.25, 0.3) is 0 Å². The van der Waals surface area contributed by atoms with Crippen molar-refractivity contribution in [1.82, 2.24) is 19.8 Å². The first-order valence-corrected chi connectivity index (χ1v) is 12.7. The minimum atomic E-state index is -0.115. The van der Waals surface area contributed by atoms with E-state index in [4.69, 9.17) is 19.4 Å². The van der Waals surface area contributed by atoms with E-state index >= 15 is 0 Å². The van der Waals surface area contributed by atoms with E-state index in [9.17, 15) is 4.79 Å². The van der Waals surface area contributed by atoms with Crippen molar-refractivity contribution in [2.45, 2.75) is 50.7 Å². The Morgan fingerprint density at radius 2 is 1.97 bits per heavy atom. The molecule has 35 heavy (non-hydrogen) atoms. The highest BCUT2D eigenvalue weighted by molar-refractivity contribution is 5.87. The standard InChI is InChI=1S/C27H33N5O3/c1-4-24(33)32-14-20(15-32)31-12-19(13-31)22-11-23-26(16(2)29-22)35-17(3)25-21(5-8-28-27(25)30-23)18-6-9-34-10-7-18/h4-5,8,11,17-20H,1,6-7,9-10,12-15H2,2-3H3,(H,28,30)/t17-/m1/s1. The highest BCUT2D eigenvalue weighted by atomic mass is 16.5. The minimum absolute atomic E-state index is 0.0236. The molecule has 0 unspecified atom stereocenters. The van der Waals surface area contributed by atoms with Crippen molar-refractivity contribution in [3.8, 4) is 5.75 Å². The number of anilines is 2. The number of nitrogens with zero attached hydrogens (tertiary/aromatic N) is 4. The SMILES string of the molecule is C=CC(=O)N1CC(N2CC(c3cc4c(c(C)n3)O[C@H](C)c3c(C5CCOCC5)ccnc3N4)C2)C1. The van der Waals surface area contributed by atoms with Gasteiger partial charge in [0.2, 0.25) is 5.91 Å². The van der Waals surface area contributed by atoms with Gasteiger partial charge >= 0.3 is 0 Å². The third-order valence-corrected chi connectivity index (χ3v) is 7.99. The fourth-order valence-electron chi connectivity index (χ4n) is 5.87. The Balaban J connectivity index is 1.21. The summed E-state index contributed by atoms with van der Waals surface area (Å²) in [5.74, 6) is 2.57. The molecule has 2 aromatic rings. The number of aromatic nitrogens is 2. The van der Waals surface area contributed by atoms with Crippen molar-refractivity contribution >= 4 is 17.4 Å². The predicted molar refractivity (Wildman–Crippen MR) is 133 cm³/mol. The number of rotatable bonds is 4. The number of amides is 1. The molecule has 1 N–H and O–H groups in total. The van der Waals surface area contributed by atoms with E-state index in [1.54, 1.807) is 0 Å². The van der Waals surface area contributed by atoms with Gasteiger partial charge < -0.3 is 19.7 Å². The third-order valence-electron chi connectivity index (χ3n) is 7.99. The molecule has 0 aromatic carbocycles. The number of carbonyl (C=O) groups is 1. The molecule has 0 spiro atoms. The molecule has 4 aliphatic rings. The van der Waals surface area contributed by atoms with E-state index in [0.29, 0.717) is 17.9 Å². The highest BCUT2D eigenvalue weighted by Crippen LogP contribution is 2.44. The maximum absolute atomic E-state index is 11.7. The van der Waals surface area contributed by atoms with Crippen LogP contribution in [0, 0.1) is 6.92 Å². The van der Waals surface area contributed by atoms with Crippen LogP contribution < -0.4 is 10.1 Å². The molecule has 6 rings (SSSR count). The number of hydrogen-bond donors (Lipinski definition) is 1. The zero-order valence-electron chi connectivity index (χ0n) is 20.5. The molecule has 8 nitrogen and oxygen atoms in total. The van der Waals surface area contributed by atoms with E-state index in [2.05, 4.69) is 35.9 Å². The quantitative estimate of drug-likeness (QED) is 0.676. The van der Waals surface area contributed by atoms with Gasteiger partial charge in [0, 0.05) is 68.8 Å². The first kappa shape index (κ1) is 22.5. The monoisotopic (exact) mass is 475 g/mol. The lowest BCUT2D eigenvalue weighted by molar-refractivity contribution is -0.134. The van der Waals surface area contributed by atoms with Crippen molar-refractivity contribution in [3.63, 3.8) is 0 Å². The molecule has 3 fully saturated rings. The summed E-state index contributed by atoms with van der Waals surface area (Å²) in [6, 6.07) is 4.73. The van der Waals surface area contributed by atoms with E-state index in [1.807, 2.05) is 18.0 Å². The van der Waals surface area contributed by atoms with Crippen LogP contribution in [0.4, 0.5) is 11.5 Å². The van der Waals surface area contributed by atoms with Crippen molar-refractivity contribution in [3.05, 3.63) is 53.5 Å². The minimum Gasteiger partial charge on any atom is -0.482 e. The predicted octanol–water partition coefficient (Wildman–Crippen LogP) is 3.67. The summed E-state index contributed by atoms with van der Waals surface area (Å²) in [6.45, 7) is 12.8. The molecule has 8 heteroatoms. The molecule has 184 valence electrons. The molecule has 1 atom stereocenters. The van der Waals surface area contributed by atoms with Gasteiger partial charge in [-0.3, -0.25) is 14.7 Å². The molecular weight excluding hydrogens is 442 g/mol. The molecule has 6 heterocycles. The van der Waals surface area contributed by atoms with Crippen LogP contribution in [0.2, 0.25) is 0 Å². The van der Waals surface area contributed by atoms with Gasteiger partial charge in [0.25, 0.3) is 0 Å². The van der Waals surface area contributed by atoms with Crippen LogP contribution in [0.3, 0.4) is 0 Å². The Kier molecular flexibility index (Phi) is 5.73. The molecular formula is C27H33N5O3. The van der Waals surface area contributed by atoms with Crippen molar-refractivity contribution in [1.29, 1.82) is 0 Å². The van der Waals surface area contributed by atoms with Gasteiger partial charge in [0.1, 0.15) is 11.9 Å². The average Bonchev–Trinajstić information content (AvgIpc) is 2.96. The average molecular weight is 476 g/mol. The first-order valence-electron chi connectivity index (χ1n) is 12.7. The van der Waals surface area contributed by atoms with Gasteiger partial charge in [-0.2, -0.15) is 0 Å². The molecule has 0 saturated carbocycles. The Morgan fingerprint density at radius 3 is 2.71 bits per heavy atom. The lowest BCUT2D eigenvalue weighted by atomic mass is 9.87. The molecule has 0 bridgehead atoms. The lowest BCUT2D eigenvalue weighted by Crippen LogP contribution is -2.65. The molecule has 1 amide bonds. The Labute approximate surface area is 206 Å². The van der Waals surface area contributed by atoms with Crippen molar-refractivity contribution < 1.29 is 14.3 Å². The topological polar surface area (TPSA) is 79.8 Å². The smallest absolute Gasteiger partial charge is 0.246 e. The normalized spacial score (nSPS) is 23.1. The fraction of sp³-hybridized carbons (Fsp3) is 0.519. The number of carbonyl (C=O) groups excluding carboxylic acids is 1. The number of likely N-dealkylation sites (tertiary alicyclic amines) is 2. The molecule has 4 aliphatic heterocycles. The van der Waals surface area contributed by atoms with Gasteiger partial charge in [-0.1, -0.05) is 6.58 Å². The van der Waals surface area contributed by atoms with Gasteiger partial charge in [-0.05, 0) is 56.4 Å². The maximum atomic E-state index is 11.7. The van der Waals surface area contributed by atoms with Crippen LogP contribution in [0.1, 0.15) is 60.2 Å². The second-order valence-electron chi connectivity index (χ2n) is 10.2. The van der Waals surface area contributed by atoms with Crippen LogP contribution >= 0.6 is 0 Å². The second-order valence-corrected chi connectivity index (χ2v) is 10.2. The molecule has 2 aromatic heterocycles. The summed E-state index contributed by atoms with van der Waals surface area (Å²) in [6.07, 6.45) is 5.24. The number of pyridine rings is 2. The van der Waals surface area contributed by atoms with Crippen molar-refractivity contribution in [2.75, 3.05) is 44.7 Å². The van der Waals surface area contributed by atoms with E-state index < -0.39 is 0 Å². The first-order chi connectivity index (χ1) is 17.0. The van der Waals surface area contributed by atoms with Gasteiger partial charge in [0.15, 0.2) is 5.75 Å². The fourth-order valence-corrected chi connectivity index (χ4v) is 5.87. The Morgan fingerprint density at radius 1 is 1.20 bits per heavy atom. The number of nitrogens with one attached hydrogen (secondary N) is 1. The number of fused-ring (bicyclic) bond motifs is 2. The molecule has 0 radical (unpaired) electrons. The largest absolute Gasteiger partial charge is 0.482 e. The van der Waals surface area contributed by atoms with Gasteiger partial charge in [0.05, 0.1) is 11.4 Å². The summed E-state index contributed by atoms with van der Waals surface area (Å²) < 4.78 is 12.1. The summed E-state index contributed by atoms with van der Waals surface area (Å²) in [5, 5.41) is 3.60. The van der Waals surface area contributed by atoms with Crippen LogP contribution in [-0.2, 0) is 9.53 Å². The highest BCUT2D eigenvalue weighted by Gasteiger charge is 2.41. The maximum Gasteiger partial charge on any atom is 0.246 e. The van der Waals surface area contributed by atoms with Crippen molar-refractivity contribution in [2.24, 2.45) is 0 Å². The summed E-state index contributed by atoms with van der Waals surface area (Å²) >= 11 is 0. The summed E-state index contributed by atoms with van der Waals surface area (Å²) in [4.78, 5) is 25.7. The van der Waals surface area contributed by atoms with Gasteiger partial charge in [-0.25, -0.2) is 4.98 Å². The van der Waals surface area contributed by atoms with Crippen LogP contribution in [0.5, 0.6) is 5.75 Å². The third kappa shape index (κ3) is 3.98. The number of ether oxygens (including phenoxy) is 2. The number of hydrogen-bond acceptors (Lipinski definition) is 7. The molecule has 3 saturated heterocycles. The number of aryl methyl sites for hydroxylation is 1. The van der Waals surface area contributed by atoms with E-state index in [0.717, 1.165) is 86.4 Å². The van der Waals surface area contributed by atoms with Crippen LogP contribution in [-0.4, -0.2) is 71.1 Å². The van der Waals surface area contributed by atoms with Crippen LogP contribution in [0.15, 0.2) is 31.0 Å². The van der Waals surface area contributed by atoms with Gasteiger partial charge in [-0.15, -0.1) is 0 Å². The summed E-state index contributed by atoms with van der Waals surface area (Å²) in [5.41, 5.74) is 5.40. The Hall–Kier alpha value is -2.97. The van der Waals surface area contributed by atoms with E-state index in [1.165, 1.54) is 11.6 Å². The zero-order chi connectivity index (χ0) is 24.1. The summed E-state index contributed by atoms with van der Waals surface area (Å²) in [7, 11) is 0. The zero-order valence-corrected chi connectivity index (χ0v) is 20.5. The van der Waals surface area contributed by atoms with E-state index in [-0.39, 0.29) is 12.0 Å².